The number of ether oxygens (including phenoxy) is 1. The quantitative estimate of drug-likeness (QED) is 0.367. The Morgan fingerprint density at radius 2 is 1.93 bits per heavy atom. The number of nitrogens with two attached hydrogens (primary N) is 1. The summed E-state index contributed by atoms with van der Waals surface area (Å²) in [6.07, 6.45) is 2.82. The number of carbonyl (C=O) groups excluding carboxylic acids is 2. The number of likely N-dealkylation sites (tertiary alicyclic amines) is 1. The lowest BCUT2D eigenvalue weighted by molar-refractivity contribution is -0.144. The number of amidine groups is 1. The third-order valence-electron chi connectivity index (χ3n) is 4.96. The van der Waals surface area contributed by atoms with Crippen LogP contribution in [0, 0.1) is 17.2 Å². The molecule has 1 aromatic rings. The lowest BCUT2D eigenvalue weighted by Gasteiger charge is -2.32. The number of hydrogen-bond donors (Lipinski definition) is 3. The predicted octanol–water partition coefficient (Wildman–Crippen LogP) is 2.21. The maximum atomic E-state index is 12.4. The fourth-order valence-electron chi connectivity index (χ4n) is 3.38. The minimum Gasteiger partial charge on any atom is -0.465 e. The summed E-state index contributed by atoms with van der Waals surface area (Å²) in [6.45, 7) is 6.26. The number of piperidine rings is 1. The van der Waals surface area contributed by atoms with E-state index in [4.69, 9.17) is 15.9 Å². The number of hydrogen-bond acceptors (Lipinski definition) is 5. The highest BCUT2D eigenvalue weighted by atomic mass is 16.5. The van der Waals surface area contributed by atoms with E-state index >= 15 is 0 Å². The number of esters is 1. The van der Waals surface area contributed by atoms with E-state index in [-0.39, 0.29) is 23.6 Å². The van der Waals surface area contributed by atoms with Gasteiger partial charge in [-0.25, -0.2) is 0 Å². The maximum absolute atomic E-state index is 12.4. The molecule has 1 unspecified atom stereocenters. The van der Waals surface area contributed by atoms with Crippen LogP contribution in [0.3, 0.4) is 0 Å². The first kappa shape index (κ1) is 20.9. The molecule has 1 fully saturated rings. The molecule has 1 saturated heterocycles. The molecule has 1 amide bonds. The van der Waals surface area contributed by atoms with Crippen LogP contribution in [0.2, 0.25) is 0 Å². The molecule has 1 aromatic carbocycles. The predicted molar refractivity (Wildman–Crippen MR) is 106 cm³/mol. The van der Waals surface area contributed by atoms with Crippen molar-refractivity contribution in [2.45, 2.75) is 33.1 Å². The molecule has 27 heavy (non-hydrogen) atoms. The summed E-state index contributed by atoms with van der Waals surface area (Å²) in [4.78, 5) is 26.1. The summed E-state index contributed by atoms with van der Waals surface area (Å²) in [6, 6.07) is 6.97. The highest BCUT2D eigenvalue weighted by Gasteiger charge is 2.25. The van der Waals surface area contributed by atoms with Gasteiger partial charge in [0.05, 0.1) is 13.2 Å². The van der Waals surface area contributed by atoms with Gasteiger partial charge in [0, 0.05) is 17.2 Å². The van der Waals surface area contributed by atoms with Gasteiger partial charge in [0.1, 0.15) is 5.84 Å². The van der Waals surface area contributed by atoms with E-state index in [9.17, 15) is 9.59 Å². The highest BCUT2D eigenvalue weighted by Crippen LogP contribution is 2.25. The standard InChI is InChI=1S/C20H30N4O3/c1-3-27-18(25)13-24-10-8-15(9-11-24)12-14(2)20(26)23-17-6-4-16(5-7-17)19(21)22/h4-7,14-15H,3,8-13H2,1-2H3,(H3,21,22)(H,23,26). The van der Waals surface area contributed by atoms with Gasteiger partial charge in [0.25, 0.3) is 0 Å². The van der Waals surface area contributed by atoms with Crippen LogP contribution < -0.4 is 11.1 Å². The van der Waals surface area contributed by atoms with Gasteiger partial charge in [0.2, 0.25) is 5.91 Å². The number of carbonyl (C=O) groups is 2. The first-order valence-corrected chi connectivity index (χ1v) is 9.52. The third kappa shape index (κ3) is 6.67. The van der Waals surface area contributed by atoms with Crippen LogP contribution >= 0.6 is 0 Å². The molecule has 0 aliphatic carbocycles. The van der Waals surface area contributed by atoms with Crippen LogP contribution in [0.15, 0.2) is 24.3 Å². The second kappa shape index (κ2) is 10.1. The fourth-order valence-corrected chi connectivity index (χ4v) is 3.38. The zero-order valence-corrected chi connectivity index (χ0v) is 16.2. The lowest BCUT2D eigenvalue weighted by Crippen LogP contribution is -2.38. The van der Waals surface area contributed by atoms with Gasteiger partial charge >= 0.3 is 5.97 Å². The summed E-state index contributed by atoms with van der Waals surface area (Å²) in [7, 11) is 0. The Kier molecular flexibility index (Phi) is 7.79. The highest BCUT2D eigenvalue weighted by molar-refractivity contribution is 5.96. The van der Waals surface area contributed by atoms with Crippen LogP contribution in [0.1, 0.15) is 38.7 Å². The van der Waals surface area contributed by atoms with Crippen molar-refractivity contribution in [3.8, 4) is 0 Å². The van der Waals surface area contributed by atoms with Crippen LogP contribution in [0.25, 0.3) is 0 Å². The number of nitrogens with zero attached hydrogens (tertiary/aromatic N) is 1. The van der Waals surface area contributed by atoms with Crippen molar-refractivity contribution < 1.29 is 14.3 Å². The van der Waals surface area contributed by atoms with E-state index in [1.165, 1.54) is 0 Å². The Morgan fingerprint density at radius 1 is 1.30 bits per heavy atom. The van der Waals surface area contributed by atoms with Crippen molar-refractivity contribution in [3.05, 3.63) is 29.8 Å². The van der Waals surface area contributed by atoms with E-state index in [1.807, 2.05) is 13.8 Å². The summed E-state index contributed by atoms with van der Waals surface area (Å²) >= 11 is 0. The lowest BCUT2D eigenvalue weighted by atomic mass is 9.87. The van der Waals surface area contributed by atoms with Crippen molar-refractivity contribution >= 4 is 23.4 Å². The molecule has 148 valence electrons. The topological polar surface area (TPSA) is 109 Å². The van der Waals surface area contributed by atoms with Crippen molar-refractivity contribution in [2.75, 3.05) is 31.6 Å². The normalized spacial score (nSPS) is 16.5. The largest absolute Gasteiger partial charge is 0.465 e. The molecule has 1 heterocycles. The zero-order chi connectivity index (χ0) is 19.8. The number of benzene rings is 1. The third-order valence-corrected chi connectivity index (χ3v) is 4.96. The number of nitrogens with one attached hydrogen (secondary N) is 2. The second-order valence-corrected chi connectivity index (χ2v) is 7.14. The van der Waals surface area contributed by atoms with Gasteiger partial charge in [-0.05, 0) is 69.5 Å². The molecule has 0 radical (unpaired) electrons. The average molecular weight is 374 g/mol. The summed E-state index contributed by atoms with van der Waals surface area (Å²) in [5, 5.41) is 10.3. The van der Waals surface area contributed by atoms with Crippen molar-refractivity contribution in [2.24, 2.45) is 17.6 Å². The summed E-state index contributed by atoms with van der Waals surface area (Å²) < 4.78 is 4.99. The Bertz CT molecular complexity index is 652. The molecular formula is C20H30N4O3. The Morgan fingerprint density at radius 3 is 2.48 bits per heavy atom. The minimum atomic E-state index is -0.167. The summed E-state index contributed by atoms with van der Waals surface area (Å²) in [5.41, 5.74) is 6.78. The van der Waals surface area contributed by atoms with E-state index < -0.39 is 0 Å². The molecule has 7 nitrogen and oxygen atoms in total. The van der Waals surface area contributed by atoms with Crippen LogP contribution in [0.4, 0.5) is 5.69 Å². The van der Waals surface area contributed by atoms with E-state index in [0.29, 0.717) is 30.3 Å². The molecule has 1 atom stereocenters. The Labute approximate surface area is 160 Å². The molecule has 2 rings (SSSR count). The maximum Gasteiger partial charge on any atom is 0.320 e. The molecule has 1 aliphatic heterocycles. The number of anilines is 1. The smallest absolute Gasteiger partial charge is 0.320 e. The Hall–Kier alpha value is -2.41. The average Bonchev–Trinajstić information content (AvgIpc) is 2.64. The summed E-state index contributed by atoms with van der Waals surface area (Å²) in [5.74, 6) is 0.248. The van der Waals surface area contributed by atoms with Gasteiger partial charge < -0.3 is 15.8 Å². The monoisotopic (exact) mass is 374 g/mol. The molecule has 0 bridgehead atoms. The molecular weight excluding hydrogens is 344 g/mol. The molecule has 7 heteroatoms. The van der Waals surface area contributed by atoms with Crippen LogP contribution in [0.5, 0.6) is 0 Å². The van der Waals surface area contributed by atoms with Gasteiger partial charge in [-0.2, -0.15) is 0 Å². The molecule has 1 aliphatic rings. The number of rotatable bonds is 8. The van der Waals surface area contributed by atoms with E-state index in [2.05, 4.69) is 10.2 Å². The molecule has 0 saturated carbocycles. The molecule has 0 spiro atoms. The van der Waals surface area contributed by atoms with Crippen LogP contribution in [-0.2, 0) is 14.3 Å². The van der Waals surface area contributed by atoms with Gasteiger partial charge in [-0.15, -0.1) is 0 Å². The van der Waals surface area contributed by atoms with Gasteiger partial charge in [-0.1, -0.05) is 6.92 Å². The molecule has 4 N–H and O–H groups in total. The number of nitrogen functional groups attached to an aromatic ring is 1. The second-order valence-electron chi connectivity index (χ2n) is 7.14. The van der Waals surface area contributed by atoms with E-state index in [1.54, 1.807) is 24.3 Å². The molecule has 0 aromatic heterocycles. The first-order valence-electron chi connectivity index (χ1n) is 9.52. The van der Waals surface area contributed by atoms with Crippen molar-refractivity contribution in [1.82, 2.24) is 4.90 Å². The SMILES string of the molecule is CCOC(=O)CN1CCC(CC(C)C(=O)Nc2ccc(C(=N)N)cc2)CC1. The first-order chi connectivity index (χ1) is 12.9. The van der Waals surface area contributed by atoms with Crippen molar-refractivity contribution in [1.29, 1.82) is 5.41 Å². The van der Waals surface area contributed by atoms with Crippen molar-refractivity contribution in [3.63, 3.8) is 0 Å². The number of amides is 1. The van der Waals surface area contributed by atoms with Gasteiger partial charge in [-0.3, -0.25) is 19.9 Å². The van der Waals surface area contributed by atoms with Gasteiger partial charge in [0.15, 0.2) is 0 Å². The minimum absolute atomic E-state index is 0.000437. The fraction of sp³-hybridized carbons (Fsp3) is 0.550. The zero-order valence-electron chi connectivity index (χ0n) is 16.2. The Balaban J connectivity index is 1.75. The van der Waals surface area contributed by atoms with Crippen LogP contribution in [-0.4, -0.2) is 48.9 Å². The van der Waals surface area contributed by atoms with E-state index in [0.717, 1.165) is 32.4 Å².